The van der Waals surface area contributed by atoms with Crippen molar-refractivity contribution in [3.05, 3.63) is 55.1 Å². The highest BCUT2D eigenvalue weighted by molar-refractivity contribution is 9.10. The molecule has 176 valence electrons. The molecule has 1 amide bonds. The van der Waals surface area contributed by atoms with Gasteiger partial charge < -0.3 is 10.1 Å². The number of fused-ring (bicyclic) bond motifs is 1. The number of thiophene rings is 1. The Bertz CT molecular complexity index is 1220. The molecule has 1 aromatic carbocycles. The van der Waals surface area contributed by atoms with E-state index in [2.05, 4.69) is 28.2 Å². The molecular weight excluding hydrogens is 526 g/mol. The van der Waals surface area contributed by atoms with Gasteiger partial charge in [0.1, 0.15) is 9.71 Å². The summed E-state index contributed by atoms with van der Waals surface area (Å²) < 4.78 is 7.62. The van der Waals surface area contributed by atoms with Gasteiger partial charge in [-0.15, -0.1) is 11.3 Å². The number of nitrogens with zero attached hydrogens (tertiary/aromatic N) is 2. The maximum absolute atomic E-state index is 13.6. The molecule has 3 rings (SSSR count). The Kier molecular flexibility index (Phi) is 9.10. The predicted octanol–water partition coefficient (Wildman–Crippen LogP) is 4.76. The molecule has 0 unspecified atom stereocenters. The molecule has 0 aliphatic carbocycles. The molecule has 0 bridgehead atoms. The number of ether oxygens (including phenoxy) is 1. The average Bonchev–Trinajstić information content (AvgIpc) is 3.11. The number of carbonyl (C=O) groups is 2. The average molecular weight is 553 g/mol. The third-order valence-corrected chi connectivity index (χ3v) is 7.53. The molecular formula is C23H26BrN3O4S2. The Hall–Kier alpha value is -2.17. The van der Waals surface area contributed by atoms with Crippen molar-refractivity contribution in [3.8, 4) is 0 Å². The van der Waals surface area contributed by atoms with Gasteiger partial charge in [-0.25, -0.2) is 9.78 Å². The van der Waals surface area contributed by atoms with E-state index in [-0.39, 0.29) is 23.8 Å². The minimum absolute atomic E-state index is 0.105. The van der Waals surface area contributed by atoms with Crippen LogP contribution in [0.15, 0.2) is 38.7 Å². The van der Waals surface area contributed by atoms with Crippen molar-refractivity contribution < 1.29 is 14.3 Å². The first-order chi connectivity index (χ1) is 15.8. The molecule has 7 nitrogen and oxygen atoms in total. The van der Waals surface area contributed by atoms with Crippen LogP contribution in [-0.2, 0) is 16.1 Å². The molecule has 0 atom stereocenters. The number of hydrogen-bond donors (Lipinski definition) is 1. The number of rotatable bonds is 10. The first kappa shape index (κ1) is 25.5. The van der Waals surface area contributed by atoms with Gasteiger partial charge in [0.2, 0.25) is 5.91 Å². The summed E-state index contributed by atoms with van der Waals surface area (Å²) in [5, 5.41) is 3.74. The molecule has 0 fully saturated rings. The molecule has 0 spiro atoms. The lowest BCUT2D eigenvalue weighted by molar-refractivity contribution is -0.118. The fourth-order valence-electron chi connectivity index (χ4n) is 3.24. The molecule has 3 aromatic rings. The van der Waals surface area contributed by atoms with Crippen molar-refractivity contribution >= 4 is 61.1 Å². The van der Waals surface area contributed by atoms with Crippen LogP contribution in [0.4, 0.5) is 0 Å². The Morgan fingerprint density at radius 2 is 2.09 bits per heavy atom. The van der Waals surface area contributed by atoms with Gasteiger partial charge >= 0.3 is 5.97 Å². The number of nitrogens with one attached hydrogen (secondary N) is 1. The lowest BCUT2D eigenvalue weighted by atomic mass is 10.2. The van der Waals surface area contributed by atoms with Crippen LogP contribution >= 0.6 is 39.0 Å². The van der Waals surface area contributed by atoms with Gasteiger partial charge in [-0.1, -0.05) is 53.2 Å². The van der Waals surface area contributed by atoms with Gasteiger partial charge in [0.15, 0.2) is 5.16 Å². The van der Waals surface area contributed by atoms with E-state index in [1.165, 1.54) is 11.8 Å². The Morgan fingerprint density at radius 1 is 1.30 bits per heavy atom. The lowest BCUT2D eigenvalue weighted by Gasteiger charge is -2.13. The van der Waals surface area contributed by atoms with E-state index < -0.39 is 5.97 Å². The van der Waals surface area contributed by atoms with Gasteiger partial charge in [-0.05, 0) is 43.5 Å². The van der Waals surface area contributed by atoms with Crippen LogP contribution in [0.3, 0.4) is 0 Å². The number of amides is 1. The van der Waals surface area contributed by atoms with Gasteiger partial charge in [0, 0.05) is 11.0 Å². The van der Waals surface area contributed by atoms with Crippen molar-refractivity contribution in [3.63, 3.8) is 0 Å². The van der Waals surface area contributed by atoms with E-state index in [1.807, 2.05) is 24.3 Å². The van der Waals surface area contributed by atoms with Crippen LogP contribution in [0, 0.1) is 6.92 Å². The Morgan fingerprint density at radius 3 is 2.79 bits per heavy atom. The summed E-state index contributed by atoms with van der Waals surface area (Å²) in [7, 11) is 0. The zero-order chi connectivity index (χ0) is 24.0. The zero-order valence-electron chi connectivity index (χ0n) is 18.8. The molecule has 0 aliphatic heterocycles. The first-order valence-corrected chi connectivity index (χ1v) is 13.3. The molecule has 2 heterocycles. The van der Waals surface area contributed by atoms with E-state index >= 15 is 0 Å². The molecule has 0 aliphatic rings. The van der Waals surface area contributed by atoms with Crippen LogP contribution in [0.25, 0.3) is 10.2 Å². The van der Waals surface area contributed by atoms with Gasteiger partial charge in [0.25, 0.3) is 5.56 Å². The highest BCUT2D eigenvalue weighted by Crippen LogP contribution is 2.30. The summed E-state index contributed by atoms with van der Waals surface area (Å²) in [6, 6.07) is 7.68. The monoisotopic (exact) mass is 551 g/mol. The van der Waals surface area contributed by atoms with Crippen LogP contribution in [0.1, 0.15) is 47.5 Å². The topological polar surface area (TPSA) is 90.3 Å². The zero-order valence-corrected chi connectivity index (χ0v) is 22.0. The van der Waals surface area contributed by atoms with Crippen molar-refractivity contribution in [2.45, 2.75) is 45.3 Å². The predicted molar refractivity (Wildman–Crippen MR) is 136 cm³/mol. The van der Waals surface area contributed by atoms with Gasteiger partial charge in [0.05, 0.1) is 24.3 Å². The standard InChI is InChI=1S/C23H26BrN3O4S2/c1-4-6-10-25-17(28)13-32-23-26-20-18(14(3)19(33-20)22(30)31-5-2)21(29)27(23)12-15-8-7-9-16(24)11-15/h7-9,11H,4-6,10,12-13H2,1-3H3,(H,25,28). The summed E-state index contributed by atoms with van der Waals surface area (Å²) in [4.78, 5) is 43.7. The lowest BCUT2D eigenvalue weighted by Crippen LogP contribution is -2.28. The third kappa shape index (κ3) is 6.24. The summed E-state index contributed by atoms with van der Waals surface area (Å²) in [5.41, 5.74) is 1.25. The SMILES string of the molecule is CCCCNC(=O)CSc1nc2sc(C(=O)OCC)c(C)c2c(=O)n1Cc1cccc(Br)c1. The highest BCUT2D eigenvalue weighted by atomic mass is 79.9. The number of aryl methyl sites for hydroxylation is 1. The second kappa shape index (κ2) is 11.8. The van der Waals surface area contributed by atoms with E-state index in [1.54, 1.807) is 18.4 Å². The van der Waals surface area contributed by atoms with Crippen molar-refractivity contribution in [1.82, 2.24) is 14.9 Å². The van der Waals surface area contributed by atoms with E-state index in [9.17, 15) is 14.4 Å². The number of thioether (sulfide) groups is 1. The second-order valence-corrected chi connectivity index (χ2v) is 10.2. The van der Waals surface area contributed by atoms with Gasteiger partial charge in [-0.2, -0.15) is 0 Å². The first-order valence-electron chi connectivity index (χ1n) is 10.7. The number of benzene rings is 1. The van der Waals surface area contributed by atoms with E-state index in [4.69, 9.17) is 9.72 Å². The third-order valence-electron chi connectivity index (χ3n) is 4.89. The number of hydrogen-bond acceptors (Lipinski definition) is 7. The minimum atomic E-state index is -0.458. The fourth-order valence-corrected chi connectivity index (χ4v) is 5.63. The van der Waals surface area contributed by atoms with Crippen molar-refractivity contribution in [2.75, 3.05) is 18.9 Å². The highest BCUT2D eigenvalue weighted by Gasteiger charge is 2.23. The van der Waals surface area contributed by atoms with Crippen molar-refractivity contribution in [1.29, 1.82) is 0 Å². The summed E-state index contributed by atoms with van der Waals surface area (Å²) >= 11 is 5.83. The van der Waals surface area contributed by atoms with Crippen LogP contribution < -0.4 is 10.9 Å². The molecule has 2 aromatic heterocycles. The molecule has 1 N–H and O–H groups in total. The number of unbranched alkanes of at least 4 members (excludes halogenated alkanes) is 1. The number of esters is 1. The normalized spacial score (nSPS) is 11.0. The van der Waals surface area contributed by atoms with Crippen molar-refractivity contribution in [2.24, 2.45) is 0 Å². The second-order valence-electron chi connectivity index (χ2n) is 7.36. The fraction of sp³-hybridized carbons (Fsp3) is 0.391. The summed E-state index contributed by atoms with van der Waals surface area (Å²) in [6.07, 6.45) is 1.91. The molecule has 33 heavy (non-hydrogen) atoms. The maximum Gasteiger partial charge on any atom is 0.348 e. The van der Waals surface area contributed by atoms with E-state index in [0.717, 1.165) is 34.2 Å². The van der Waals surface area contributed by atoms with Gasteiger partial charge in [-0.3, -0.25) is 14.2 Å². The van der Waals surface area contributed by atoms with Crippen LogP contribution in [0.5, 0.6) is 0 Å². The minimum Gasteiger partial charge on any atom is -0.462 e. The summed E-state index contributed by atoms with van der Waals surface area (Å²) in [5.74, 6) is -0.415. The largest absolute Gasteiger partial charge is 0.462 e. The number of aromatic nitrogens is 2. The van der Waals surface area contributed by atoms with Crippen LogP contribution in [0.2, 0.25) is 0 Å². The molecule has 10 heteroatoms. The Balaban J connectivity index is 2.02. The number of carbonyl (C=O) groups excluding carboxylic acids is 2. The maximum atomic E-state index is 13.6. The van der Waals surface area contributed by atoms with E-state index in [0.29, 0.717) is 38.9 Å². The smallest absolute Gasteiger partial charge is 0.348 e. The van der Waals surface area contributed by atoms with Crippen LogP contribution in [-0.4, -0.2) is 40.3 Å². The molecule has 0 saturated carbocycles. The number of halogens is 1. The Labute approximate surface area is 209 Å². The molecule has 0 saturated heterocycles. The quantitative estimate of drug-likeness (QED) is 0.169. The summed E-state index contributed by atoms with van der Waals surface area (Å²) in [6.45, 7) is 6.72. The molecule has 0 radical (unpaired) electrons.